The molecule has 4 aliphatic rings. The van der Waals surface area contributed by atoms with Gasteiger partial charge >= 0.3 is 12.2 Å². The van der Waals surface area contributed by atoms with Crippen LogP contribution in [0, 0.1) is 17.7 Å². The molecule has 4 N–H and O–H groups in total. The van der Waals surface area contributed by atoms with Gasteiger partial charge in [0.05, 0.1) is 27.4 Å². The molecule has 18 heteroatoms. The second-order valence-electron chi connectivity index (χ2n) is 16.6. The number of hydrogen-bond donors (Lipinski definition) is 4. The molecule has 2 unspecified atom stereocenters. The summed E-state index contributed by atoms with van der Waals surface area (Å²) in [4.78, 5) is 84.1. The number of rotatable bonds is 15. The molecule has 342 valence electrons. The molecule has 0 bridgehead atoms. The van der Waals surface area contributed by atoms with Gasteiger partial charge in [0.15, 0.2) is 0 Å². The summed E-state index contributed by atoms with van der Waals surface area (Å²) >= 11 is 0. The summed E-state index contributed by atoms with van der Waals surface area (Å²) in [6, 6.07) is 17.8. The van der Waals surface area contributed by atoms with E-state index in [1.165, 1.54) is 36.2 Å². The van der Waals surface area contributed by atoms with Crippen molar-refractivity contribution in [2.75, 3.05) is 69.3 Å². The van der Waals surface area contributed by atoms with Crippen LogP contribution in [0.3, 0.4) is 0 Å². The minimum atomic E-state index is -0.868. The molecule has 4 heterocycles. The molecule has 64 heavy (non-hydrogen) atoms. The van der Waals surface area contributed by atoms with Gasteiger partial charge in [-0.2, -0.15) is 0 Å². The molecule has 17 nitrogen and oxygen atoms in total. The Hall–Kier alpha value is -6.27. The Kier molecular flexibility index (Phi) is 15.3. The van der Waals surface area contributed by atoms with E-state index < -0.39 is 36.4 Å². The smallest absolute Gasteiger partial charge is 0.407 e. The lowest BCUT2D eigenvalue weighted by molar-refractivity contribution is -0.139. The zero-order chi connectivity index (χ0) is 45.2. The van der Waals surface area contributed by atoms with Gasteiger partial charge in [-0.05, 0) is 98.2 Å². The van der Waals surface area contributed by atoms with Crippen molar-refractivity contribution in [1.29, 1.82) is 0 Å². The number of likely N-dealkylation sites (tertiary alicyclic amines) is 2. The van der Waals surface area contributed by atoms with Gasteiger partial charge in [0.2, 0.25) is 23.6 Å². The average Bonchev–Trinajstić information content (AvgIpc) is 4.17. The Balaban J connectivity index is 0.970. The second kappa shape index (κ2) is 21.4. The van der Waals surface area contributed by atoms with Gasteiger partial charge in [-0.1, -0.05) is 24.3 Å². The van der Waals surface area contributed by atoms with Crippen molar-refractivity contribution in [3.05, 3.63) is 89.7 Å². The quantitative estimate of drug-likeness (QED) is 0.169. The van der Waals surface area contributed by atoms with Crippen LogP contribution in [-0.2, 0) is 51.2 Å². The van der Waals surface area contributed by atoms with Crippen LogP contribution < -0.4 is 26.2 Å². The highest BCUT2D eigenvalue weighted by Gasteiger charge is 2.43. The van der Waals surface area contributed by atoms with Crippen molar-refractivity contribution < 1.29 is 52.1 Å². The summed E-state index contributed by atoms with van der Waals surface area (Å²) in [7, 11) is 2.47. The van der Waals surface area contributed by atoms with Crippen molar-refractivity contribution in [3.8, 4) is 0 Å². The van der Waals surface area contributed by atoms with Crippen LogP contribution in [0.1, 0.15) is 49.7 Å². The van der Waals surface area contributed by atoms with Gasteiger partial charge in [0, 0.05) is 68.3 Å². The van der Waals surface area contributed by atoms with Gasteiger partial charge in [0.1, 0.15) is 30.0 Å². The summed E-state index contributed by atoms with van der Waals surface area (Å²) in [5.41, 5.74) is 3.72. The standard InChI is InChI=1S/C46H56FN7O10/c1-61-45(59)50-39(31-19-23-63-27-31)43(57)53-21-3-5-37(53)41(55)48-34-13-7-29(8-14-34)25-52(36-17-11-33(47)12-18-36)26-30-9-15-35(16-10-30)49-42(56)38-6-4-22-54(38)44(58)40(51-46(60)62-2)32-20-24-64-28-32/h7-18,31-32,37-40H,3-6,19-28H2,1-2H3,(H,48,55)(H,49,56)(H,50,59)(H,51,60)/t31-,32?,37?,38-,39-,40-/m0/s1. The molecule has 0 aliphatic carbocycles. The van der Waals surface area contributed by atoms with E-state index in [0.717, 1.165) is 16.8 Å². The fourth-order valence-corrected chi connectivity index (χ4v) is 8.90. The summed E-state index contributed by atoms with van der Waals surface area (Å²) in [5, 5.41) is 11.2. The van der Waals surface area contributed by atoms with Crippen molar-refractivity contribution >= 4 is 52.9 Å². The molecule has 0 aromatic heterocycles. The molecule has 3 aromatic carbocycles. The van der Waals surface area contributed by atoms with Crippen molar-refractivity contribution in [2.45, 2.75) is 75.8 Å². The van der Waals surface area contributed by atoms with Crippen LogP contribution in [0.4, 0.5) is 31.0 Å². The zero-order valence-corrected chi connectivity index (χ0v) is 36.1. The fraction of sp³-hybridized carbons (Fsp3) is 0.478. The summed E-state index contributed by atoms with van der Waals surface area (Å²) < 4.78 is 34.5. The van der Waals surface area contributed by atoms with Gasteiger partial charge < -0.3 is 54.9 Å². The molecule has 4 aliphatic heterocycles. The molecule has 4 fully saturated rings. The maximum Gasteiger partial charge on any atom is 0.407 e. The van der Waals surface area contributed by atoms with Gasteiger partial charge in [-0.15, -0.1) is 0 Å². The number of anilines is 3. The van der Waals surface area contributed by atoms with E-state index in [0.29, 0.717) is 103 Å². The van der Waals surface area contributed by atoms with Gasteiger partial charge in [-0.25, -0.2) is 14.0 Å². The van der Waals surface area contributed by atoms with Crippen LogP contribution in [-0.4, -0.2) is 124 Å². The average molecular weight is 886 g/mol. The van der Waals surface area contributed by atoms with Crippen LogP contribution >= 0.6 is 0 Å². The molecule has 3 aromatic rings. The minimum absolute atomic E-state index is 0.227. The van der Waals surface area contributed by atoms with Crippen LogP contribution in [0.15, 0.2) is 72.8 Å². The highest BCUT2D eigenvalue weighted by atomic mass is 19.1. The number of ether oxygens (including phenoxy) is 4. The molecule has 0 spiro atoms. The number of nitrogens with one attached hydrogen (secondary N) is 4. The predicted octanol–water partition coefficient (Wildman–Crippen LogP) is 4.41. The molecule has 7 rings (SSSR count). The number of nitrogens with zero attached hydrogens (tertiary/aromatic N) is 3. The maximum atomic E-state index is 14.0. The van der Waals surface area contributed by atoms with E-state index in [-0.39, 0.29) is 41.3 Å². The monoisotopic (exact) mass is 885 g/mol. The molecular formula is C46H56FN7O10. The molecule has 0 saturated carbocycles. The lowest BCUT2D eigenvalue weighted by Gasteiger charge is -2.30. The first-order chi connectivity index (χ1) is 31.0. The van der Waals surface area contributed by atoms with Crippen LogP contribution in [0.2, 0.25) is 0 Å². The zero-order valence-electron chi connectivity index (χ0n) is 36.1. The first kappa shape index (κ1) is 45.7. The largest absolute Gasteiger partial charge is 0.453 e. The maximum absolute atomic E-state index is 14.0. The molecule has 0 radical (unpaired) electrons. The lowest BCUT2D eigenvalue weighted by atomic mass is 9.97. The predicted molar refractivity (Wildman–Crippen MR) is 232 cm³/mol. The highest BCUT2D eigenvalue weighted by Crippen LogP contribution is 2.28. The third kappa shape index (κ3) is 11.3. The number of benzene rings is 3. The lowest BCUT2D eigenvalue weighted by Crippen LogP contribution is -2.55. The van der Waals surface area contributed by atoms with E-state index in [2.05, 4.69) is 26.2 Å². The van der Waals surface area contributed by atoms with E-state index in [9.17, 15) is 33.2 Å². The van der Waals surface area contributed by atoms with Crippen LogP contribution in [0.25, 0.3) is 0 Å². The first-order valence-electron chi connectivity index (χ1n) is 21.8. The van der Waals surface area contributed by atoms with E-state index >= 15 is 0 Å². The SMILES string of the molecule is COC(=O)N[C@H](C(=O)N1CCC[C@H]1C(=O)Nc1ccc(CN(Cc2ccc(NC(=O)C3CCCN3C(=O)[C@@H](NC(=O)OC)[C@H]3CCOC3)cc2)c2ccc(F)cc2)cc1)C1CCOC1. The number of amides is 6. The summed E-state index contributed by atoms with van der Waals surface area (Å²) in [6.45, 7) is 3.27. The second-order valence-corrected chi connectivity index (χ2v) is 16.6. The number of halogens is 1. The summed E-state index contributed by atoms with van der Waals surface area (Å²) in [5.74, 6) is -2.14. The van der Waals surface area contributed by atoms with E-state index in [1.807, 2.05) is 24.3 Å². The third-order valence-corrected chi connectivity index (χ3v) is 12.4. The minimum Gasteiger partial charge on any atom is -0.453 e. The van der Waals surface area contributed by atoms with Gasteiger partial charge in [-0.3, -0.25) is 19.2 Å². The van der Waals surface area contributed by atoms with Crippen molar-refractivity contribution in [3.63, 3.8) is 0 Å². The molecule has 6 atom stereocenters. The fourth-order valence-electron chi connectivity index (χ4n) is 8.90. The number of methoxy groups -OCH3 is 2. The Morgan fingerprint density at radius 3 is 1.44 bits per heavy atom. The first-order valence-corrected chi connectivity index (χ1v) is 21.8. The molecular weight excluding hydrogens is 830 g/mol. The number of alkyl carbamates (subject to hydrolysis) is 2. The normalized spacial score (nSPS) is 21.4. The topological polar surface area (TPSA) is 197 Å². The Labute approximate surface area is 371 Å². The molecule has 4 saturated heterocycles. The Morgan fingerprint density at radius 2 is 1.06 bits per heavy atom. The number of hydrogen-bond acceptors (Lipinski definition) is 11. The Bertz CT molecular complexity index is 1990. The highest BCUT2D eigenvalue weighted by molar-refractivity contribution is 5.99. The van der Waals surface area contributed by atoms with Crippen LogP contribution in [0.5, 0.6) is 0 Å². The summed E-state index contributed by atoms with van der Waals surface area (Å²) in [6.07, 6.45) is 2.02. The Morgan fingerprint density at radius 1 is 0.641 bits per heavy atom. The van der Waals surface area contributed by atoms with E-state index in [1.54, 1.807) is 36.4 Å². The number of carbonyl (C=O) groups is 6. The van der Waals surface area contributed by atoms with E-state index in [4.69, 9.17) is 18.9 Å². The van der Waals surface area contributed by atoms with Crippen molar-refractivity contribution in [2.24, 2.45) is 11.8 Å². The third-order valence-electron chi connectivity index (χ3n) is 12.4. The van der Waals surface area contributed by atoms with Gasteiger partial charge in [0.25, 0.3) is 0 Å². The number of carbonyl (C=O) groups excluding carboxylic acids is 6. The van der Waals surface area contributed by atoms with Crippen molar-refractivity contribution in [1.82, 2.24) is 20.4 Å². The molecule has 6 amide bonds.